The molecule has 1 aliphatic heterocycles. The Kier molecular flexibility index (Phi) is 9.65. The maximum atomic E-state index is 13.3. The molecule has 4 amide bonds. The molecule has 1 aromatic heterocycles. The van der Waals surface area contributed by atoms with Crippen molar-refractivity contribution in [2.24, 2.45) is 5.92 Å². The van der Waals surface area contributed by atoms with Gasteiger partial charge in [-0.3, -0.25) is 19.2 Å². The lowest BCUT2D eigenvalue weighted by molar-refractivity contribution is -0.129. The minimum Gasteiger partial charge on any atom is -0.376 e. The van der Waals surface area contributed by atoms with E-state index < -0.39 is 48.4 Å². The van der Waals surface area contributed by atoms with Crippen molar-refractivity contribution in [3.63, 3.8) is 0 Å². The fraction of sp³-hybridized carbons (Fsp3) is 0.379. The number of carbonyl (C=O) groups is 4. The van der Waals surface area contributed by atoms with E-state index >= 15 is 0 Å². The van der Waals surface area contributed by atoms with Crippen molar-refractivity contribution in [1.82, 2.24) is 26.4 Å². The molecule has 1 fully saturated rings. The van der Waals surface area contributed by atoms with Crippen molar-refractivity contribution in [3.8, 4) is 6.07 Å². The molecule has 4 atom stereocenters. The lowest BCUT2D eigenvalue weighted by Gasteiger charge is -2.27. The molecule has 1 aliphatic rings. The van der Waals surface area contributed by atoms with Crippen molar-refractivity contribution in [2.75, 3.05) is 13.1 Å². The number of piperidine rings is 1. The van der Waals surface area contributed by atoms with Crippen LogP contribution in [-0.2, 0) is 20.8 Å². The Morgan fingerprint density at radius 3 is 2.71 bits per heavy atom. The van der Waals surface area contributed by atoms with E-state index in [4.69, 9.17) is 4.52 Å². The average molecular weight is 561 g/mol. The minimum absolute atomic E-state index is 0.0102. The first kappa shape index (κ1) is 29.2. The number of nitriles is 1. The van der Waals surface area contributed by atoms with Crippen molar-refractivity contribution in [1.29, 1.82) is 5.26 Å². The van der Waals surface area contributed by atoms with Gasteiger partial charge in [0.1, 0.15) is 11.8 Å². The molecular formula is C29H32N6O6. The molecule has 214 valence electrons. The summed E-state index contributed by atoms with van der Waals surface area (Å²) in [6.07, 6.45) is 0.0103. The number of benzene rings is 2. The van der Waals surface area contributed by atoms with Crippen LogP contribution in [0, 0.1) is 24.2 Å². The molecule has 0 bridgehead atoms. The Bertz CT molecular complexity index is 1460. The summed E-state index contributed by atoms with van der Waals surface area (Å²) in [6.45, 7) is 1.72. The summed E-state index contributed by atoms with van der Waals surface area (Å²) in [5, 5.41) is 35.5. The summed E-state index contributed by atoms with van der Waals surface area (Å²) in [5.41, 5.74) is 0.823. The van der Waals surface area contributed by atoms with Gasteiger partial charge in [-0.2, -0.15) is 5.26 Å². The van der Waals surface area contributed by atoms with E-state index in [0.717, 1.165) is 22.8 Å². The number of carbonyl (C=O) groups excluding carboxylic acids is 4. The molecule has 2 aromatic carbocycles. The molecule has 0 radical (unpaired) electrons. The van der Waals surface area contributed by atoms with Crippen LogP contribution in [0.4, 0.5) is 0 Å². The van der Waals surface area contributed by atoms with Gasteiger partial charge in [0.05, 0.1) is 18.7 Å². The van der Waals surface area contributed by atoms with Crippen molar-refractivity contribution < 1.29 is 28.8 Å². The third-order valence-corrected chi connectivity index (χ3v) is 7.01. The number of hydrogen-bond acceptors (Lipinski definition) is 8. The first-order valence-electron chi connectivity index (χ1n) is 13.4. The third kappa shape index (κ3) is 7.67. The topological polar surface area (TPSA) is 186 Å². The van der Waals surface area contributed by atoms with Gasteiger partial charge in [-0.1, -0.05) is 47.6 Å². The second-order valence-electron chi connectivity index (χ2n) is 10.0. The predicted octanol–water partition coefficient (Wildman–Crippen LogP) is 0.879. The Morgan fingerprint density at radius 1 is 1.20 bits per heavy atom. The van der Waals surface area contributed by atoms with E-state index in [-0.39, 0.29) is 24.4 Å². The van der Waals surface area contributed by atoms with Crippen molar-refractivity contribution in [2.45, 2.75) is 50.8 Å². The zero-order chi connectivity index (χ0) is 29.4. The normalized spacial score (nSPS) is 17.0. The third-order valence-electron chi connectivity index (χ3n) is 7.01. The fourth-order valence-electron chi connectivity index (χ4n) is 4.88. The summed E-state index contributed by atoms with van der Waals surface area (Å²) < 4.78 is 4.98. The van der Waals surface area contributed by atoms with Crippen LogP contribution in [0.5, 0.6) is 0 Å². The molecule has 0 saturated carbocycles. The number of fused-ring (bicyclic) bond motifs is 1. The van der Waals surface area contributed by atoms with Gasteiger partial charge < -0.3 is 30.9 Å². The molecule has 5 N–H and O–H groups in total. The number of aryl methyl sites for hydroxylation is 1. The van der Waals surface area contributed by atoms with Gasteiger partial charge in [0.2, 0.25) is 17.7 Å². The second kappa shape index (κ2) is 13.5. The highest BCUT2D eigenvalue weighted by molar-refractivity contribution is 5.97. The standard InChI is InChI=1S/C29H32N6O6/c1-17-12-24(35-41-17)29(40)34-23(13-19-8-4-7-18-6-2-3-10-21(18)19)28(39)32-16-26(37)33-22(25(36)15-30)14-20-9-5-11-31-27(20)38/h2-4,6-8,10,12,20,22-23,25,36H,5,9,11,13-14,16H2,1H3,(H,31,38)(H,32,39)(H,33,37)(H,34,40)/t20-,22-,23-,25?/m0/s1. The van der Waals surface area contributed by atoms with E-state index in [1.807, 2.05) is 42.5 Å². The smallest absolute Gasteiger partial charge is 0.274 e. The SMILES string of the molecule is Cc1cc(C(=O)N[C@@H](Cc2cccc3ccccc23)C(=O)NCC(=O)N[C@@H](C[C@@H]2CCCNC2=O)C(O)C#N)no1. The monoisotopic (exact) mass is 560 g/mol. The van der Waals surface area contributed by atoms with Crippen molar-refractivity contribution >= 4 is 34.4 Å². The molecular weight excluding hydrogens is 528 g/mol. The summed E-state index contributed by atoms with van der Waals surface area (Å²) in [6, 6.07) is 14.4. The number of amides is 4. The van der Waals surface area contributed by atoms with Crippen LogP contribution >= 0.6 is 0 Å². The molecule has 0 spiro atoms. The fourth-order valence-corrected chi connectivity index (χ4v) is 4.88. The Morgan fingerprint density at radius 2 is 1.98 bits per heavy atom. The van der Waals surface area contributed by atoms with Gasteiger partial charge in [0, 0.05) is 24.9 Å². The molecule has 0 aliphatic carbocycles. The predicted molar refractivity (Wildman–Crippen MR) is 147 cm³/mol. The zero-order valence-electron chi connectivity index (χ0n) is 22.6. The van der Waals surface area contributed by atoms with Gasteiger partial charge in [0.15, 0.2) is 11.8 Å². The molecule has 12 heteroatoms. The Balaban J connectivity index is 1.44. The summed E-state index contributed by atoms with van der Waals surface area (Å²) in [4.78, 5) is 51.0. The molecule has 4 rings (SSSR count). The number of aliphatic hydroxyl groups is 1. The van der Waals surface area contributed by atoms with Gasteiger partial charge in [0.25, 0.3) is 5.91 Å². The second-order valence-corrected chi connectivity index (χ2v) is 10.0. The van der Waals surface area contributed by atoms with Crippen LogP contribution in [0.25, 0.3) is 10.8 Å². The van der Waals surface area contributed by atoms with E-state index in [0.29, 0.717) is 18.7 Å². The first-order valence-corrected chi connectivity index (χ1v) is 13.4. The minimum atomic E-state index is -1.53. The highest BCUT2D eigenvalue weighted by Gasteiger charge is 2.31. The van der Waals surface area contributed by atoms with Gasteiger partial charge in [-0.05, 0) is 42.5 Å². The number of nitrogens with one attached hydrogen (secondary N) is 4. The Labute approximate surface area is 236 Å². The first-order chi connectivity index (χ1) is 19.7. The lowest BCUT2D eigenvalue weighted by atomic mass is 9.90. The van der Waals surface area contributed by atoms with Gasteiger partial charge in [-0.15, -0.1) is 0 Å². The molecule has 12 nitrogen and oxygen atoms in total. The average Bonchev–Trinajstić information content (AvgIpc) is 3.42. The van der Waals surface area contributed by atoms with Crippen LogP contribution < -0.4 is 21.3 Å². The largest absolute Gasteiger partial charge is 0.376 e. The number of hydrogen-bond donors (Lipinski definition) is 5. The van der Waals surface area contributed by atoms with E-state index in [1.54, 1.807) is 13.0 Å². The zero-order valence-corrected chi connectivity index (χ0v) is 22.6. The lowest BCUT2D eigenvalue weighted by Crippen LogP contribution is -2.52. The summed E-state index contributed by atoms with van der Waals surface area (Å²) in [7, 11) is 0. The maximum absolute atomic E-state index is 13.3. The quantitative estimate of drug-likeness (QED) is 0.214. The van der Waals surface area contributed by atoms with Crippen LogP contribution in [0.3, 0.4) is 0 Å². The summed E-state index contributed by atoms with van der Waals surface area (Å²) in [5.74, 6) is -2.10. The summed E-state index contributed by atoms with van der Waals surface area (Å²) >= 11 is 0. The van der Waals surface area contributed by atoms with Crippen LogP contribution in [0.2, 0.25) is 0 Å². The van der Waals surface area contributed by atoms with E-state index in [1.165, 1.54) is 6.07 Å². The highest BCUT2D eigenvalue weighted by atomic mass is 16.5. The number of aliphatic hydroxyl groups excluding tert-OH is 1. The van der Waals surface area contributed by atoms with Gasteiger partial charge >= 0.3 is 0 Å². The molecule has 1 saturated heterocycles. The number of rotatable bonds is 11. The van der Waals surface area contributed by atoms with Crippen LogP contribution in [0.15, 0.2) is 53.1 Å². The van der Waals surface area contributed by atoms with Crippen molar-refractivity contribution in [3.05, 3.63) is 65.5 Å². The number of aromatic nitrogens is 1. The molecule has 3 aromatic rings. The van der Waals surface area contributed by atoms with E-state index in [9.17, 15) is 29.5 Å². The maximum Gasteiger partial charge on any atom is 0.274 e. The van der Waals surface area contributed by atoms with Crippen LogP contribution in [-0.4, -0.2) is 65.2 Å². The number of nitrogens with zero attached hydrogens (tertiary/aromatic N) is 2. The van der Waals surface area contributed by atoms with Gasteiger partial charge in [-0.25, -0.2) is 0 Å². The molecule has 2 heterocycles. The van der Waals surface area contributed by atoms with E-state index in [2.05, 4.69) is 26.4 Å². The highest BCUT2D eigenvalue weighted by Crippen LogP contribution is 2.21. The molecule has 1 unspecified atom stereocenters. The Hall–Kier alpha value is -4.76. The van der Waals surface area contributed by atoms with Crippen LogP contribution in [0.1, 0.15) is 41.1 Å². The molecule has 41 heavy (non-hydrogen) atoms.